The number of hydrogen-bond donors (Lipinski definition) is 1. The normalized spacial score (nSPS) is 13.2. The SMILES string of the molecule is CCC(C(=O)Nc1c(C)cc(Cl)cc1C)[N+](C)(C)CC. The molecule has 1 atom stereocenters. The van der Waals surface area contributed by atoms with Crippen molar-refractivity contribution in [1.29, 1.82) is 0 Å². The topological polar surface area (TPSA) is 29.1 Å². The standard InChI is InChI=1S/C16H25ClN2O/c1-7-14(19(5,6)8-2)16(20)18-15-11(3)9-13(17)10-12(15)4/h9-10,14H,7-8H2,1-6H3/p+1. The molecule has 112 valence electrons. The van der Waals surface area contributed by atoms with Crippen molar-refractivity contribution in [3.63, 3.8) is 0 Å². The molecule has 0 spiro atoms. The molecule has 0 aliphatic rings. The Labute approximate surface area is 127 Å². The van der Waals surface area contributed by atoms with Crippen molar-refractivity contribution in [1.82, 2.24) is 0 Å². The number of aryl methyl sites for hydroxylation is 2. The number of carbonyl (C=O) groups excluding carboxylic acids is 1. The van der Waals surface area contributed by atoms with Crippen LogP contribution in [0.15, 0.2) is 12.1 Å². The molecule has 0 aromatic heterocycles. The number of likely N-dealkylation sites (N-methyl/N-ethyl adjacent to an activating group) is 1. The Morgan fingerprint density at radius 1 is 1.25 bits per heavy atom. The van der Waals surface area contributed by atoms with Crippen LogP contribution in [0.3, 0.4) is 0 Å². The summed E-state index contributed by atoms with van der Waals surface area (Å²) in [6, 6.07) is 3.71. The van der Waals surface area contributed by atoms with Gasteiger partial charge in [-0.05, 0) is 44.0 Å². The third kappa shape index (κ3) is 3.74. The minimum Gasteiger partial charge on any atom is -0.320 e. The van der Waals surface area contributed by atoms with Crippen LogP contribution in [0.25, 0.3) is 0 Å². The van der Waals surface area contributed by atoms with Gasteiger partial charge in [0.2, 0.25) is 0 Å². The molecule has 0 saturated carbocycles. The smallest absolute Gasteiger partial charge is 0.282 e. The summed E-state index contributed by atoms with van der Waals surface area (Å²) in [6.07, 6.45) is 0.818. The maximum atomic E-state index is 12.6. The number of hydrogen-bond acceptors (Lipinski definition) is 1. The Bertz CT molecular complexity index is 474. The average Bonchev–Trinajstić information content (AvgIpc) is 2.34. The van der Waals surface area contributed by atoms with Gasteiger partial charge in [0.05, 0.1) is 20.6 Å². The molecule has 0 fully saturated rings. The first kappa shape index (κ1) is 17.0. The van der Waals surface area contributed by atoms with Crippen molar-refractivity contribution in [3.05, 3.63) is 28.3 Å². The molecule has 4 heteroatoms. The summed E-state index contributed by atoms with van der Waals surface area (Å²) in [5.74, 6) is 0.0767. The van der Waals surface area contributed by atoms with Gasteiger partial charge in [-0.3, -0.25) is 4.79 Å². The summed E-state index contributed by atoms with van der Waals surface area (Å²) < 4.78 is 0.689. The lowest BCUT2D eigenvalue weighted by atomic mass is 10.1. The third-order valence-electron chi connectivity index (χ3n) is 4.09. The largest absolute Gasteiger partial charge is 0.320 e. The molecule has 20 heavy (non-hydrogen) atoms. The molecular weight excluding hydrogens is 272 g/mol. The molecule has 1 N–H and O–H groups in total. The zero-order valence-electron chi connectivity index (χ0n) is 13.4. The fourth-order valence-corrected chi connectivity index (χ4v) is 2.86. The van der Waals surface area contributed by atoms with E-state index in [2.05, 4.69) is 33.3 Å². The van der Waals surface area contributed by atoms with Crippen LogP contribution in [0, 0.1) is 13.8 Å². The zero-order chi connectivity index (χ0) is 15.5. The van der Waals surface area contributed by atoms with Gasteiger partial charge in [-0.2, -0.15) is 0 Å². The lowest BCUT2D eigenvalue weighted by Gasteiger charge is -2.35. The predicted molar refractivity (Wildman–Crippen MR) is 86.3 cm³/mol. The van der Waals surface area contributed by atoms with E-state index in [9.17, 15) is 4.79 Å². The van der Waals surface area contributed by atoms with E-state index in [1.165, 1.54) is 0 Å². The number of quaternary nitrogens is 1. The van der Waals surface area contributed by atoms with E-state index >= 15 is 0 Å². The fourth-order valence-electron chi connectivity index (χ4n) is 2.53. The highest BCUT2D eigenvalue weighted by molar-refractivity contribution is 6.30. The molecule has 0 saturated heterocycles. The summed E-state index contributed by atoms with van der Waals surface area (Å²) in [5, 5.41) is 3.79. The molecule has 0 bridgehead atoms. The van der Waals surface area contributed by atoms with Gasteiger partial charge in [0.1, 0.15) is 0 Å². The minimum absolute atomic E-state index is 0.0468. The van der Waals surface area contributed by atoms with Crippen molar-refractivity contribution < 1.29 is 9.28 Å². The number of anilines is 1. The van der Waals surface area contributed by atoms with E-state index in [1.807, 2.05) is 26.0 Å². The summed E-state index contributed by atoms with van der Waals surface area (Å²) in [5.41, 5.74) is 2.88. The number of nitrogens with zero attached hydrogens (tertiary/aromatic N) is 1. The Hall–Kier alpha value is -1.06. The van der Waals surface area contributed by atoms with Gasteiger partial charge in [-0.1, -0.05) is 18.5 Å². The number of amides is 1. The van der Waals surface area contributed by atoms with Gasteiger partial charge in [0, 0.05) is 17.1 Å². The molecule has 1 aromatic carbocycles. The first-order chi connectivity index (χ1) is 9.22. The monoisotopic (exact) mass is 297 g/mol. The Morgan fingerprint density at radius 2 is 1.75 bits per heavy atom. The summed E-state index contributed by atoms with van der Waals surface area (Å²) >= 11 is 6.03. The van der Waals surface area contributed by atoms with Crippen molar-refractivity contribution in [2.75, 3.05) is 26.0 Å². The molecule has 0 heterocycles. The van der Waals surface area contributed by atoms with Gasteiger partial charge in [0.25, 0.3) is 5.91 Å². The van der Waals surface area contributed by atoms with Crippen molar-refractivity contribution in [3.8, 4) is 0 Å². The van der Waals surface area contributed by atoms with E-state index in [1.54, 1.807) is 0 Å². The second kappa shape index (κ2) is 6.59. The second-order valence-electron chi connectivity index (χ2n) is 5.92. The van der Waals surface area contributed by atoms with E-state index in [-0.39, 0.29) is 11.9 Å². The summed E-state index contributed by atoms with van der Waals surface area (Å²) in [7, 11) is 4.19. The highest BCUT2D eigenvalue weighted by Crippen LogP contribution is 2.25. The lowest BCUT2D eigenvalue weighted by molar-refractivity contribution is -0.904. The summed E-state index contributed by atoms with van der Waals surface area (Å²) in [4.78, 5) is 12.6. The van der Waals surface area contributed by atoms with E-state index in [4.69, 9.17) is 11.6 Å². The van der Waals surface area contributed by atoms with Crippen molar-refractivity contribution in [2.45, 2.75) is 40.2 Å². The maximum absolute atomic E-state index is 12.6. The average molecular weight is 298 g/mol. The number of rotatable bonds is 5. The quantitative estimate of drug-likeness (QED) is 0.824. The van der Waals surface area contributed by atoms with Crippen LogP contribution >= 0.6 is 11.6 Å². The van der Waals surface area contributed by atoms with Gasteiger partial charge in [-0.25, -0.2) is 0 Å². The number of benzene rings is 1. The number of carbonyl (C=O) groups is 1. The third-order valence-corrected chi connectivity index (χ3v) is 4.31. The Kier molecular flexibility index (Phi) is 5.60. The second-order valence-corrected chi connectivity index (χ2v) is 6.36. The maximum Gasteiger partial charge on any atom is 0.282 e. The van der Waals surface area contributed by atoms with E-state index in [0.717, 1.165) is 29.8 Å². The summed E-state index contributed by atoms with van der Waals surface area (Å²) in [6.45, 7) is 9.02. The number of halogens is 1. The van der Waals surface area contributed by atoms with Gasteiger partial charge in [-0.15, -0.1) is 0 Å². The van der Waals surface area contributed by atoms with Crippen LogP contribution in [0.2, 0.25) is 5.02 Å². The molecule has 1 rings (SSSR count). The van der Waals surface area contributed by atoms with Crippen LogP contribution in [0.1, 0.15) is 31.4 Å². The van der Waals surface area contributed by atoms with Gasteiger partial charge in [0.15, 0.2) is 6.04 Å². The molecule has 3 nitrogen and oxygen atoms in total. The molecule has 1 aromatic rings. The molecular formula is C16H26ClN2O+. The van der Waals surface area contributed by atoms with Crippen LogP contribution in [-0.2, 0) is 4.79 Å². The van der Waals surface area contributed by atoms with Crippen LogP contribution in [-0.4, -0.2) is 37.1 Å². The number of nitrogens with one attached hydrogen (secondary N) is 1. The first-order valence-corrected chi connectivity index (χ1v) is 7.51. The predicted octanol–water partition coefficient (Wildman–Crippen LogP) is 3.77. The molecule has 0 aliphatic carbocycles. The first-order valence-electron chi connectivity index (χ1n) is 7.13. The Morgan fingerprint density at radius 3 is 2.15 bits per heavy atom. The highest BCUT2D eigenvalue weighted by Gasteiger charge is 2.32. The van der Waals surface area contributed by atoms with Crippen molar-refractivity contribution in [2.24, 2.45) is 0 Å². The van der Waals surface area contributed by atoms with Crippen LogP contribution in [0.5, 0.6) is 0 Å². The fraction of sp³-hybridized carbons (Fsp3) is 0.562. The van der Waals surface area contributed by atoms with Gasteiger partial charge >= 0.3 is 0 Å². The van der Waals surface area contributed by atoms with E-state index in [0.29, 0.717) is 9.51 Å². The van der Waals surface area contributed by atoms with Crippen LogP contribution < -0.4 is 5.32 Å². The molecule has 0 radical (unpaired) electrons. The van der Waals surface area contributed by atoms with E-state index < -0.39 is 0 Å². The van der Waals surface area contributed by atoms with Crippen molar-refractivity contribution >= 4 is 23.2 Å². The molecule has 1 unspecified atom stereocenters. The highest BCUT2D eigenvalue weighted by atomic mass is 35.5. The van der Waals surface area contributed by atoms with Gasteiger partial charge < -0.3 is 9.80 Å². The molecule has 0 aliphatic heterocycles. The van der Waals surface area contributed by atoms with Crippen LogP contribution in [0.4, 0.5) is 5.69 Å². The lowest BCUT2D eigenvalue weighted by Crippen LogP contribution is -2.54. The Balaban J connectivity index is 3.01. The zero-order valence-corrected chi connectivity index (χ0v) is 14.1. The molecule has 1 amide bonds. The minimum atomic E-state index is -0.0468.